The lowest BCUT2D eigenvalue weighted by Crippen LogP contribution is -2.37. The summed E-state index contributed by atoms with van der Waals surface area (Å²) in [5.41, 5.74) is 1.86. The van der Waals surface area contributed by atoms with Crippen molar-refractivity contribution < 1.29 is 14.3 Å². The van der Waals surface area contributed by atoms with E-state index in [0.717, 1.165) is 17.7 Å². The van der Waals surface area contributed by atoms with Crippen molar-refractivity contribution in [3.63, 3.8) is 0 Å². The van der Waals surface area contributed by atoms with Crippen LogP contribution in [0.5, 0.6) is 0 Å². The molecule has 0 aromatic heterocycles. The molecule has 1 atom stereocenters. The SMILES string of the molecule is CCOC(=O)CC(C)NC(=O)Nc1ccccc1CC. The number of aryl methyl sites for hydroxylation is 1. The van der Waals surface area contributed by atoms with Gasteiger partial charge in [0, 0.05) is 11.7 Å². The summed E-state index contributed by atoms with van der Waals surface area (Å²) in [4.78, 5) is 23.2. The fourth-order valence-corrected chi connectivity index (χ4v) is 1.85. The van der Waals surface area contributed by atoms with Crippen molar-refractivity contribution in [3.8, 4) is 0 Å². The summed E-state index contributed by atoms with van der Waals surface area (Å²) in [7, 11) is 0. The van der Waals surface area contributed by atoms with E-state index in [1.807, 2.05) is 31.2 Å². The average Bonchev–Trinajstić information content (AvgIpc) is 2.39. The van der Waals surface area contributed by atoms with Gasteiger partial charge in [0.15, 0.2) is 0 Å². The molecule has 110 valence electrons. The van der Waals surface area contributed by atoms with Crippen LogP contribution in [0.4, 0.5) is 10.5 Å². The van der Waals surface area contributed by atoms with Crippen LogP contribution in [0.2, 0.25) is 0 Å². The number of ether oxygens (including phenoxy) is 1. The quantitative estimate of drug-likeness (QED) is 0.786. The van der Waals surface area contributed by atoms with Crippen LogP contribution in [0.15, 0.2) is 24.3 Å². The summed E-state index contributed by atoms with van der Waals surface area (Å²) in [6.07, 6.45) is 1.01. The normalized spacial score (nSPS) is 11.6. The number of para-hydroxylation sites is 1. The molecule has 2 amide bonds. The van der Waals surface area contributed by atoms with E-state index in [2.05, 4.69) is 10.6 Å². The van der Waals surface area contributed by atoms with Crippen molar-refractivity contribution in [2.75, 3.05) is 11.9 Å². The van der Waals surface area contributed by atoms with Crippen LogP contribution in [-0.4, -0.2) is 24.6 Å². The smallest absolute Gasteiger partial charge is 0.319 e. The van der Waals surface area contributed by atoms with Crippen LogP contribution < -0.4 is 10.6 Å². The number of urea groups is 1. The molecule has 5 nitrogen and oxygen atoms in total. The molecular formula is C15H22N2O3. The lowest BCUT2D eigenvalue weighted by Gasteiger charge is -2.15. The fraction of sp³-hybridized carbons (Fsp3) is 0.467. The van der Waals surface area contributed by atoms with Crippen LogP contribution in [0, 0.1) is 0 Å². The number of amides is 2. The van der Waals surface area contributed by atoms with Gasteiger partial charge in [-0.3, -0.25) is 4.79 Å². The highest BCUT2D eigenvalue weighted by molar-refractivity contribution is 5.90. The number of hydrogen-bond acceptors (Lipinski definition) is 3. The first-order chi connectivity index (χ1) is 9.56. The molecule has 0 radical (unpaired) electrons. The number of carbonyl (C=O) groups excluding carboxylic acids is 2. The van der Waals surface area contributed by atoms with Gasteiger partial charge in [0.25, 0.3) is 0 Å². The molecule has 0 fully saturated rings. The van der Waals surface area contributed by atoms with Crippen molar-refractivity contribution in [2.45, 2.75) is 39.7 Å². The highest BCUT2D eigenvalue weighted by atomic mass is 16.5. The summed E-state index contributed by atoms with van der Waals surface area (Å²) in [5, 5.41) is 5.51. The fourth-order valence-electron chi connectivity index (χ4n) is 1.85. The number of esters is 1. The van der Waals surface area contributed by atoms with E-state index in [-0.39, 0.29) is 24.5 Å². The molecule has 0 saturated carbocycles. The first-order valence-electron chi connectivity index (χ1n) is 6.87. The third-order valence-electron chi connectivity index (χ3n) is 2.80. The number of anilines is 1. The summed E-state index contributed by atoms with van der Waals surface area (Å²) < 4.78 is 4.84. The second-order valence-electron chi connectivity index (χ2n) is 4.52. The molecule has 1 rings (SSSR count). The van der Waals surface area contributed by atoms with E-state index in [4.69, 9.17) is 4.74 Å². The second kappa shape index (κ2) is 8.19. The third kappa shape index (κ3) is 5.30. The molecule has 20 heavy (non-hydrogen) atoms. The van der Waals surface area contributed by atoms with E-state index < -0.39 is 0 Å². The van der Waals surface area contributed by atoms with Crippen LogP contribution in [0.1, 0.15) is 32.8 Å². The topological polar surface area (TPSA) is 67.4 Å². The lowest BCUT2D eigenvalue weighted by molar-refractivity contribution is -0.143. The van der Waals surface area contributed by atoms with Gasteiger partial charge in [0.05, 0.1) is 13.0 Å². The Morgan fingerprint density at radius 2 is 1.95 bits per heavy atom. The van der Waals surface area contributed by atoms with Crippen LogP contribution in [0.3, 0.4) is 0 Å². The van der Waals surface area contributed by atoms with Crippen LogP contribution in [-0.2, 0) is 16.0 Å². The van der Waals surface area contributed by atoms with Gasteiger partial charge < -0.3 is 15.4 Å². The Bertz CT molecular complexity index is 460. The van der Waals surface area contributed by atoms with Crippen molar-refractivity contribution in [1.29, 1.82) is 0 Å². The molecule has 0 spiro atoms. The minimum absolute atomic E-state index is 0.163. The molecule has 0 bridgehead atoms. The van der Waals surface area contributed by atoms with Gasteiger partial charge in [-0.25, -0.2) is 4.79 Å². The third-order valence-corrected chi connectivity index (χ3v) is 2.80. The lowest BCUT2D eigenvalue weighted by atomic mass is 10.1. The Morgan fingerprint density at radius 3 is 2.60 bits per heavy atom. The van der Waals surface area contributed by atoms with E-state index in [1.54, 1.807) is 13.8 Å². The van der Waals surface area contributed by atoms with Crippen LogP contribution >= 0.6 is 0 Å². The Balaban J connectivity index is 2.49. The van der Waals surface area contributed by atoms with Crippen molar-refractivity contribution in [3.05, 3.63) is 29.8 Å². The molecule has 1 unspecified atom stereocenters. The molecule has 0 aliphatic heterocycles. The highest BCUT2D eigenvalue weighted by Crippen LogP contribution is 2.15. The number of benzene rings is 1. The van der Waals surface area contributed by atoms with Crippen LogP contribution in [0.25, 0.3) is 0 Å². The Morgan fingerprint density at radius 1 is 1.25 bits per heavy atom. The van der Waals surface area contributed by atoms with Crippen molar-refractivity contribution >= 4 is 17.7 Å². The minimum Gasteiger partial charge on any atom is -0.466 e. The summed E-state index contributed by atoms with van der Waals surface area (Å²) in [6.45, 7) is 5.90. The van der Waals surface area contributed by atoms with Gasteiger partial charge >= 0.3 is 12.0 Å². The van der Waals surface area contributed by atoms with Crippen molar-refractivity contribution in [2.24, 2.45) is 0 Å². The maximum Gasteiger partial charge on any atom is 0.319 e. The molecule has 5 heteroatoms. The van der Waals surface area contributed by atoms with Gasteiger partial charge in [0.1, 0.15) is 0 Å². The standard InChI is InChI=1S/C15H22N2O3/c1-4-12-8-6-7-9-13(12)17-15(19)16-11(3)10-14(18)20-5-2/h6-9,11H,4-5,10H2,1-3H3,(H2,16,17,19). The Labute approximate surface area is 119 Å². The number of carbonyl (C=O) groups is 2. The molecule has 0 saturated heterocycles. The zero-order valence-electron chi connectivity index (χ0n) is 12.2. The molecule has 0 heterocycles. The molecule has 1 aromatic rings. The highest BCUT2D eigenvalue weighted by Gasteiger charge is 2.13. The molecule has 0 aliphatic carbocycles. The maximum absolute atomic E-state index is 11.9. The van der Waals surface area contributed by atoms with E-state index in [9.17, 15) is 9.59 Å². The van der Waals surface area contributed by atoms with E-state index >= 15 is 0 Å². The Hall–Kier alpha value is -2.04. The molecular weight excluding hydrogens is 256 g/mol. The number of nitrogens with one attached hydrogen (secondary N) is 2. The molecule has 0 aliphatic rings. The van der Waals surface area contributed by atoms with Gasteiger partial charge in [-0.2, -0.15) is 0 Å². The number of rotatable bonds is 6. The van der Waals surface area contributed by atoms with E-state index in [1.165, 1.54) is 0 Å². The molecule has 2 N–H and O–H groups in total. The van der Waals surface area contributed by atoms with E-state index in [0.29, 0.717) is 6.61 Å². The predicted molar refractivity (Wildman–Crippen MR) is 78.7 cm³/mol. The average molecular weight is 278 g/mol. The Kier molecular flexibility index (Phi) is 6.56. The van der Waals surface area contributed by atoms with Gasteiger partial charge in [-0.15, -0.1) is 0 Å². The first-order valence-corrected chi connectivity index (χ1v) is 6.87. The second-order valence-corrected chi connectivity index (χ2v) is 4.52. The number of hydrogen-bond donors (Lipinski definition) is 2. The summed E-state index contributed by atoms with van der Waals surface area (Å²) >= 11 is 0. The first kappa shape index (κ1) is 16.0. The summed E-state index contributed by atoms with van der Waals surface area (Å²) in [6, 6.07) is 7.04. The predicted octanol–water partition coefficient (Wildman–Crippen LogP) is 2.71. The van der Waals surface area contributed by atoms with Gasteiger partial charge in [-0.1, -0.05) is 25.1 Å². The van der Waals surface area contributed by atoms with Crippen molar-refractivity contribution in [1.82, 2.24) is 5.32 Å². The zero-order chi connectivity index (χ0) is 15.0. The summed E-state index contributed by atoms with van der Waals surface area (Å²) in [5.74, 6) is -0.311. The molecule has 1 aromatic carbocycles. The monoisotopic (exact) mass is 278 g/mol. The maximum atomic E-state index is 11.9. The van der Waals surface area contributed by atoms with Gasteiger partial charge in [0.2, 0.25) is 0 Å². The largest absolute Gasteiger partial charge is 0.466 e. The van der Waals surface area contributed by atoms with Gasteiger partial charge in [-0.05, 0) is 31.9 Å². The minimum atomic E-state index is -0.317. The zero-order valence-corrected chi connectivity index (χ0v) is 12.2.